The normalized spacial score (nSPS) is 26.4. The summed E-state index contributed by atoms with van der Waals surface area (Å²) < 4.78 is 0. The van der Waals surface area contributed by atoms with Crippen LogP contribution >= 0.6 is 0 Å². The van der Waals surface area contributed by atoms with Crippen LogP contribution < -0.4 is 0 Å². The minimum atomic E-state index is -0.895. The van der Waals surface area contributed by atoms with E-state index in [1.54, 1.807) is 0 Å². The highest BCUT2D eigenvalue weighted by Crippen LogP contribution is 2.42. The molecule has 0 radical (unpaired) electrons. The van der Waals surface area contributed by atoms with Crippen molar-refractivity contribution in [3.63, 3.8) is 0 Å². The van der Waals surface area contributed by atoms with Gasteiger partial charge in [-0.2, -0.15) is 0 Å². The summed E-state index contributed by atoms with van der Waals surface area (Å²) in [4.78, 5) is 20.2. The number of hydrogen-bond donors (Lipinski definition) is 1. The average Bonchev–Trinajstić information content (AvgIpc) is 3.31. The highest BCUT2D eigenvalue weighted by molar-refractivity contribution is 5.88. The molecule has 0 atom stereocenters. The van der Waals surface area contributed by atoms with Crippen molar-refractivity contribution in [3.05, 3.63) is 23.3 Å². The van der Waals surface area contributed by atoms with Gasteiger partial charge in [-0.25, -0.2) is 14.8 Å². The van der Waals surface area contributed by atoms with Gasteiger partial charge in [-0.3, -0.25) is 0 Å². The van der Waals surface area contributed by atoms with Crippen LogP contribution in [0, 0.1) is 5.92 Å². The lowest BCUT2D eigenvalue weighted by Gasteiger charge is -2.27. The zero-order valence-electron chi connectivity index (χ0n) is 12.0. The van der Waals surface area contributed by atoms with E-state index in [0.717, 1.165) is 43.1 Å². The van der Waals surface area contributed by atoms with Gasteiger partial charge in [-0.1, -0.05) is 13.3 Å². The predicted octanol–water partition coefficient (Wildman–Crippen LogP) is 3.74. The van der Waals surface area contributed by atoms with E-state index in [4.69, 9.17) is 0 Å². The van der Waals surface area contributed by atoms with E-state index >= 15 is 0 Å². The molecule has 2 fully saturated rings. The fraction of sp³-hybridized carbons (Fsp3) is 0.688. The Hall–Kier alpha value is -1.45. The van der Waals surface area contributed by atoms with E-state index in [1.165, 1.54) is 25.5 Å². The van der Waals surface area contributed by atoms with Gasteiger partial charge in [0.05, 0.1) is 11.3 Å². The molecule has 4 heteroatoms. The number of aromatic nitrogens is 2. The Morgan fingerprint density at radius 2 is 1.85 bits per heavy atom. The molecule has 0 spiro atoms. The van der Waals surface area contributed by atoms with Gasteiger partial charge in [-0.15, -0.1) is 0 Å². The molecular formula is C16H22N2O2. The molecule has 0 amide bonds. The average molecular weight is 274 g/mol. The second-order valence-electron chi connectivity index (χ2n) is 6.23. The Morgan fingerprint density at radius 3 is 2.40 bits per heavy atom. The molecular weight excluding hydrogens is 252 g/mol. The molecule has 20 heavy (non-hydrogen) atoms. The number of carboxylic acids is 1. The van der Waals surface area contributed by atoms with E-state index in [9.17, 15) is 9.90 Å². The van der Waals surface area contributed by atoms with Crippen molar-refractivity contribution in [2.75, 3.05) is 0 Å². The van der Waals surface area contributed by atoms with Crippen LogP contribution in [0.1, 0.15) is 85.6 Å². The third kappa shape index (κ3) is 2.69. The molecule has 0 aliphatic heterocycles. The summed E-state index contributed by atoms with van der Waals surface area (Å²) in [5.41, 5.74) is 1.08. The van der Waals surface area contributed by atoms with Crippen LogP contribution in [0.5, 0.6) is 0 Å². The SMILES string of the molecule is CCC1CCC(c2ncc(C(=O)O)c(C3CC3)n2)CC1. The fourth-order valence-corrected chi connectivity index (χ4v) is 3.27. The molecule has 0 saturated heterocycles. The molecule has 1 aromatic heterocycles. The minimum absolute atomic E-state index is 0.304. The molecule has 1 aromatic rings. The predicted molar refractivity (Wildman–Crippen MR) is 76.0 cm³/mol. The minimum Gasteiger partial charge on any atom is -0.478 e. The van der Waals surface area contributed by atoms with E-state index in [-0.39, 0.29) is 0 Å². The molecule has 0 unspecified atom stereocenters. The van der Waals surface area contributed by atoms with Crippen LogP contribution in [0.25, 0.3) is 0 Å². The number of aromatic carboxylic acids is 1. The Balaban J connectivity index is 1.80. The Bertz CT molecular complexity index is 503. The molecule has 2 aliphatic rings. The van der Waals surface area contributed by atoms with E-state index < -0.39 is 5.97 Å². The van der Waals surface area contributed by atoms with Gasteiger partial charge in [0.2, 0.25) is 0 Å². The van der Waals surface area contributed by atoms with E-state index in [0.29, 0.717) is 17.4 Å². The topological polar surface area (TPSA) is 63.1 Å². The van der Waals surface area contributed by atoms with Gasteiger partial charge in [-0.05, 0) is 44.4 Å². The van der Waals surface area contributed by atoms with Crippen molar-refractivity contribution in [1.29, 1.82) is 0 Å². The maximum Gasteiger partial charge on any atom is 0.339 e. The summed E-state index contributed by atoms with van der Waals surface area (Å²) in [6.07, 6.45) is 9.74. The first-order valence-electron chi connectivity index (χ1n) is 7.79. The summed E-state index contributed by atoms with van der Waals surface area (Å²) in [5.74, 6) is 1.63. The van der Waals surface area contributed by atoms with E-state index in [2.05, 4.69) is 16.9 Å². The third-order valence-electron chi connectivity index (χ3n) is 4.82. The standard InChI is InChI=1S/C16H22N2O2/c1-2-10-3-5-12(6-4-10)15-17-9-13(16(19)20)14(18-15)11-7-8-11/h9-12H,2-8H2,1H3,(H,19,20). The Labute approximate surface area is 119 Å². The van der Waals surface area contributed by atoms with Crippen LogP contribution in [0.4, 0.5) is 0 Å². The van der Waals surface area contributed by atoms with Crippen LogP contribution in [-0.4, -0.2) is 21.0 Å². The van der Waals surface area contributed by atoms with E-state index in [1.807, 2.05) is 0 Å². The zero-order chi connectivity index (χ0) is 14.1. The summed E-state index contributed by atoms with van der Waals surface area (Å²) in [6.45, 7) is 2.26. The van der Waals surface area contributed by atoms with Crippen molar-refractivity contribution in [2.45, 2.75) is 63.7 Å². The monoisotopic (exact) mass is 274 g/mol. The lowest BCUT2D eigenvalue weighted by atomic mass is 9.80. The summed E-state index contributed by atoms with van der Waals surface area (Å²) in [7, 11) is 0. The molecule has 108 valence electrons. The first-order chi connectivity index (χ1) is 9.69. The first-order valence-corrected chi connectivity index (χ1v) is 7.79. The lowest BCUT2D eigenvalue weighted by molar-refractivity contribution is 0.0694. The molecule has 0 bridgehead atoms. The molecule has 2 saturated carbocycles. The number of rotatable bonds is 4. The zero-order valence-corrected chi connectivity index (χ0v) is 12.0. The van der Waals surface area contributed by atoms with Crippen LogP contribution in [-0.2, 0) is 0 Å². The number of hydrogen-bond acceptors (Lipinski definition) is 3. The number of carboxylic acid groups (broad SMARTS) is 1. The largest absolute Gasteiger partial charge is 0.478 e. The van der Waals surface area contributed by atoms with Gasteiger partial charge in [0.1, 0.15) is 5.82 Å². The van der Waals surface area contributed by atoms with Crippen molar-refractivity contribution in [3.8, 4) is 0 Å². The molecule has 2 aliphatic carbocycles. The molecule has 1 heterocycles. The van der Waals surface area contributed by atoms with Crippen molar-refractivity contribution in [2.24, 2.45) is 5.92 Å². The summed E-state index contributed by atoms with van der Waals surface area (Å²) in [6, 6.07) is 0. The van der Waals surface area contributed by atoms with Crippen molar-refractivity contribution in [1.82, 2.24) is 9.97 Å². The maximum absolute atomic E-state index is 11.2. The fourth-order valence-electron chi connectivity index (χ4n) is 3.27. The van der Waals surface area contributed by atoms with Gasteiger partial charge in [0, 0.05) is 18.0 Å². The van der Waals surface area contributed by atoms with Gasteiger partial charge < -0.3 is 5.11 Å². The first kappa shape index (κ1) is 13.5. The Morgan fingerprint density at radius 1 is 1.20 bits per heavy atom. The van der Waals surface area contributed by atoms with Crippen molar-refractivity contribution < 1.29 is 9.90 Å². The highest BCUT2D eigenvalue weighted by Gasteiger charge is 2.32. The molecule has 1 N–H and O–H groups in total. The maximum atomic E-state index is 11.2. The van der Waals surface area contributed by atoms with Crippen LogP contribution in [0.15, 0.2) is 6.20 Å². The van der Waals surface area contributed by atoms with Gasteiger partial charge >= 0.3 is 5.97 Å². The molecule has 0 aromatic carbocycles. The Kier molecular flexibility index (Phi) is 3.72. The van der Waals surface area contributed by atoms with Crippen LogP contribution in [0.3, 0.4) is 0 Å². The summed E-state index contributed by atoms with van der Waals surface area (Å²) in [5, 5.41) is 9.23. The second-order valence-corrected chi connectivity index (χ2v) is 6.23. The number of carbonyl (C=O) groups is 1. The van der Waals surface area contributed by atoms with Crippen LogP contribution in [0.2, 0.25) is 0 Å². The summed E-state index contributed by atoms with van der Waals surface area (Å²) >= 11 is 0. The lowest BCUT2D eigenvalue weighted by Crippen LogP contribution is -2.16. The smallest absolute Gasteiger partial charge is 0.339 e. The second kappa shape index (κ2) is 5.51. The molecule has 3 rings (SSSR count). The third-order valence-corrected chi connectivity index (χ3v) is 4.82. The molecule has 4 nitrogen and oxygen atoms in total. The number of nitrogens with zero attached hydrogens (tertiary/aromatic N) is 2. The quantitative estimate of drug-likeness (QED) is 0.908. The highest BCUT2D eigenvalue weighted by atomic mass is 16.4. The van der Waals surface area contributed by atoms with Crippen molar-refractivity contribution >= 4 is 5.97 Å². The van der Waals surface area contributed by atoms with Gasteiger partial charge in [0.25, 0.3) is 0 Å². The van der Waals surface area contributed by atoms with Gasteiger partial charge in [0.15, 0.2) is 0 Å².